The zero-order valence-corrected chi connectivity index (χ0v) is 8.50. The molecule has 70 valence electrons. The van der Waals surface area contributed by atoms with Crippen molar-refractivity contribution in [2.24, 2.45) is 5.92 Å². The van der Waals surface area contributed by atoms with Crippen molar-refractivity contribution in [1.82, 2.24) is 0 Å². The molecule has 0 aliphatic heterocycles. The van der Waals surface area contributed by atoms with Crippen molar-refractivity contribution >= 4 is 11.8 Å². The second-order valence-corrected chi connectivity index (χ2v) is 3.90. The maximum Gasteiger partial charge on any atom is 0.0491 e. The Bertz CT molecular complexity index is 256. The molecule has 1 aromatic rings. The SMILES string of the molecule is C[C@@H](/C=C\Sc1ccccc1)CO. The first kappa shape index (κ1) is 10.4. The lowest BCUT2D eigenvalue weighted by Gasteiger charge is -1.98. The van der Waals surface area contributed by atoms with Crippen LogP contribution in [0.15, 0.2) is 46.7 Å². The first-order chi connectivity index (χ1) is 6.33. The Hall–Kier alpha value is -0.730. The van der Waals surface area contributed by atoms with Crippen molar-refractivity contribution < 1.29 is 5.11 Å². The van der Waals surface area contributed by atoms with Crippen LogP contribution in [0.5, 0.6) is 0 Å². The molecule has 13 heavy (non-hydrogen) atoms. The van der Waals surface area contributed by atoms with Crippen molar-refractivity contribution in [3.8, 4) is 0 Å². The van der Waals surface area contributed by atoms with E-state index >= 15 is 0 Å². The lowest BCUT2D eigenvalue weighted by atomic mass is 10.2. The van der Waals surface area contributed by atoms with E-state index in [9.17, 15) is 0 Å². The van der Waals surface area contributed by atoms with Gasteiger partial charge in [-0.1, -0.05) is 43.0 Å². The van der Waals surface area contributed by atoms with E-state index in [1.807, 2.05) is 36.6 Å². The highest BCUT2D eigenvalue weighted by Crippen LogP contribution is 2.18. The summed E-state index contributed by atoms with van der Waals surface area (Å²) < 4.78 is 0. The van der Waals surface area contributed by atoms with Crippen LogP contribution in [0.2, 0.25) is 0 Å². The smallest absolute Gasteiger partial charge is 0.0491 e. The van der Waals surface area contributed by atoms with E-state index in [1.54, 1.807) is 11.8 Å². The second kappa shape index (κ2) is 5.84. The second-order valence-electron chi connectivity index (χ2n) is 2.92. The number of benzene rings is 1. The van der Waals surface area contributed by atoms with Gasteiger partial charge in [-0.3, -0.25) is 0 Å². The van der Waals surface area contributed by atoms with E-state index in [1.165, 1.54) is 4.90 Å². The summed E-state index contributed by atoms with van der Waals surface area (Å²) in [5.74, 6) is 0.246. The normalized spacial score (nSPS) is 13.4. The summed E-state index contributed by atoms with van der Waals surface area (Å²) in [5, 5.41) is 10.8. The van der Waals surface area contributed by atoms with Gasteiger partial charge in [0.2, 0.25) is 0 Å². The van der Waals surface area contributed by atoms with Crippen molar-refractivity contribution in [3.05, 3.63) is 41.8 Å². The molecule has 0 aromatic heterocycles. The van der Waals surface area contributed by atoms with Gasteiger partial charge in [-0.15, -0.1) is 0 Å². The minimum atomic E-state index is 0.214. The number of thioether (sulfide) groups is 1. The van der Waals surface area contributed by atoms with Crippen LogP contribution >= 0.6 is 11.8 Å². The van der Waals surface area contributed by atoms with Crippen molar-refractivity contribution in [3.63, 3.8) is 0 Å². The van der Waals surface area contributed by atoms with Gasteiger partial charge in [-0.25, -0.2) is 0 Å². The van der Waals surface area contributed by atoms with E-state index in [0.29, 0.717) is 0 Å². The molecule has 0 heterocycles. The van der Waals surface area contributed by atoms with Crippen LogP contribution in [0.1, 0.15) is 6.92 Å². The topological polar surface area (TPSA) is 20.2 Å². The molecule has 0 saturated carbocycles. The molecule has 0 bridgehead atoms. The molecule has 0 saturated heterocycles. The molecule has 1 rings (SSSR count). The first-order valence-electron chi connectivity index (χ1n) is 4.32. The van der Waals surface area contributed by atoms with E-state index < -0.39 is 0 Å². The molecule has 1 aromatic carbocycles. The number of aliphatic hydroxyl groups is 1. The Morgan fingerprint density at radius 1 is 1.38 bits per heavy atom. The molecular formula is C11H14OS. The largest absolute Gasteiger partial charge is 0.396 e. The van der Waals surface area contributed by atoms with Crippen LogP contribution in [-0.2, 0) is 0 Å². The Morgan fingerprint density at radius 3 is 2.69 bits per heavy atom. The quantitative estimate of drug-likeness (QED) is 0.744. The van der Waals surface area contributed by atoms with Gasteiger partial charge in [0.25, 0.3) is 0 Å². The summed E-state index contributed by atoms with van der Waals surface area (Å²) in [6.45, 7) is 2.20. The van der Waals surface area contributed by atoms with Crippen LogP contribution in [-0.4, -0.2) is 11.7 Å². The van der Waals surface area contributed by atoms with Gasteiger partial charge in [0.05, 0.1) is 0 Å². The van der Waals surface area contributed by atoms with Crippen LogP contribution < -0.4 is 0 Å². The predicted octanol–water partition coefficient (Wildman–Crippen LogP) is 2.92. The summed E-state index contributed by atoms with van der Waals surface area (Å²) in [6.07, 6.45) is 2.01. The maximum absolute atomic E-state index is 8.77. The van der Waals surface area contributed by atoms with E-state index in [4.69, 9.17) is 5.11 Å². The lowest BCUT2D eigenvalue weighted by molar-refractivity contribution is 0.262. The highest BCUT2D eigenvalue weighted by atomic mass is 32.2. The third-order valence-corrected chi connectivity index (χ3v) is 2.48. The van der Waals surface area contributed by atoms with Gasteiger partial charge in [-0.05, 0) is 23.5 Å². The Morgan fingerprint density at radius 2 is 2.08 bits per heavy atom. The van der Waals surface area contributed by atoms with E-state index in [2.05, 4.69) is 12.1 Å². The predicted molar refractivity (Wildman–Crippen MR) is 57.7 cm³/mol. The van der Waals surface area contributed by atoms with Crippen molar-refractivity contribution in [2.45, 2.75) is 11.8 Å². The molecule has 1 N–H and O–H groups in total. The van der Waals surface area contributed by atoms with Crippen LogP contribution in [0, 0.1) is 5.92 Å². The zero-order valence-electron chi connectivity index (χ0n) is 7.68. The van der Waals surface area contributed by atoms with Gasteiger partial charge < -0.3 is 5.11 Å². The Balaban J connectivity index is 2.39. The van der Waals surface area contributed by atoms with Crippen LogP contribution in [0.4, 0.5) is 0 Å². The first-order valence-corrected chi connectivity index (χ1v) is 5.20. The van der Waals surface area contributed by atoms with Gasteiger partial charge in [0, 0.05) is 11.5 Å². The van der Waals surface area contributed by atoms with Crippen LogP contribution in [0.3, 0.4) is 0 Å². The number of hydrogen-bond donors (Lipinski definition) is 1. The molecule has 0 amide bonds. The average Bonchev–Trinajstić information content (AvgIpc) is 2.19. The number of rotatable bonds is 4. The molecule has 1 atom stereocenters. The minimum Gasteiger partial charge on any atom is -0.396 e. The molecule has 0 unspecified atom stereocenters. The summed E-state index contributed by atoms with van der Waals surface area (Å²) >= 11 is 1.67. The van der Waals surface area contributed by atoms with E-state index in [0.717, 1.165) is 0 Å². The monoisotopic (exact) mass is 194 g/mol. The number of aliphatic hydroxyl groups excluding tert-OH is 1. The molecule has 0 spiro atoms. The Kier molecular flexibility index (Phi) is 4.65. The highest BCUT2D eigenvalue weighted by molar-refractivity contribution is 8.02. The van der Waals surface area contributed by atoms with Crippen molar-refractivity contribution in [1.29, 1.82) is 0 Å². The van der Waals surface area contributed by atoms with Gasteiger partial charge >= 0.3 is 0 Å². The fraction of sp³-hybridized carbons (Fsp3) is 0.273. The fourth-order valence-corrected chi connectivity index (χ4v) is 1.63. The number of hydrogen-bond acceptors (Lipinski definition) is 2. The van der Waals surface area contributed by atoms with Crippen molar-refractivity contribution in [2.75, 3.05) is 6.61 Å². The molecule has 0 fully saturated rings. The zero-order chi connectivity index (χ0) is 9.52. The molecule has 2 heteroatoms. The highest BCUT2D eigenvalue weighted by Gasteiger charge is 1.92. The summed E-state index contributed by atoms with van der Waals surface area (Å²) in [5.41, 5.74) is 0. The average molecular weight is 194 g/mol. The molecule has 0 aliphatic rings. The van der Waals surface area contributed by atoms with Gasteiger partial charge in [0.15, 0.2) is 0 Å². The molecule has 1 nitrogen and oxygen atoms in total. The fourth-order valence-electron chi connectivity index (χ4n) is 0.812. The summed E-state index contributed by atoms with van der Waals surface area (Å²) in [4.78, 5) is 1.23. The Labute approximate surface area is 83.5 Å². The van der Waals surface area contributed by atoms with Gasteiger partial charge in [0.1, 0.15) is 0 Å². The third-order valence-electron chi connectivity index (χ3n) is 1.64. The van der Waals surface area contributed by atoms with Crippen LogP contribution in [0.25, 0.3) is 0 Å². The maximum atomic E-state index is 8.77. The standard InChI is InChI=1S/C11H14OS/c1-10(9-12)7-8-13-11-5-3-2-4-6-11/h2-8,10,12H,9H2,1H3/b8-7-/t10-/m0/s1. The lowest BCUT2D eigenvalue weighted by Crippen LogP contribution is -1.93. The molecular weight excluding hydrogens is 180 g/mol. The minimum absolute atomic E-state index is 0.214. The van der Waals surface area contributed by atoms with E-state index in [-0.39, 0.29) is 12.5 Å². The van der Waals surface area contributed by atoms with Gasteiger partial charge in [-0.2, -0.15) is 0 Å². The summed E-state index contributed by atoms with van der Waals surface area (Å²) in [6, 6.07) is 10.2. The molecule has 0 radical (unpaired) electrons. The third kappa shape index (κ3) is 4.15. The summed E-state index contributed by atoms with van der Waals surface area (Å²) in [7, 11) is 0. The molecule has 0 aliphatic carbocycles.